The van der Waals surface area contributed by atoms with Crippen LogP contribution in [0.4, 0.5) is 0 Å². The number of ether oxygens (including phenoxy) is 3. The van der Waals surface area contributed by atoms with Gasteiger partial charge in [0.2, 0.25) is 0 Å². The van der Waals surface area contributed by atoms with Gasteiger partial charge in [-0.3, -0.25) is 14.4 Å². The van der Waals surface area contributed by atoms with Crippen LogP contribution in [-0.2, 0) is 28.6 Å². The van der Waals surface area contributed by atoms with Gasteiger partial charge in [-0.1, -0.05) is 254 Å². The highest BCUT2D eigenvalue weighted by molar-refractivity contribution is 5.71. The van der Waals surface area contributed by atoms with Gasteiger partial charge in [0.1, 0.15) is 13.2 Å². The number of unbranched alkanes of at least 4 members (excludes halogenated alkanes) is 31. The van der Waals surface area contributed by atoms with Crippen LogP contribution in [0.25, 0.3) is 0 Å². The predicted molar refractivity (Wildman–Crippen MR) is 316 cm³/mol. The van der Waals surface area contributed by atoms with Crippen molar-refractivity contribution in [3.05, 3.63) is 85.1 Å². The highest BCUT2D eigenvalue weighted by atomic mass is 16.6. The van der Waals surface area contributed by atoms with Gasteiger partial charge >= 0.3 is 17.9 Å². The Kier molecular flexibility index (Phi) is 58.3. The zero-order chi connectivity index (χ0) is 52.9. The van der Waals surface area contributed by atoms with Gasteiger partial charge in [-0.25, -0.2) is 0 Å². The summed E-state index contributed by atoms with van der Waals surface area (Å²) < 4.78 is 16.9. The van der Waals surface area contributed by atoms with Crippen molar-refractivity contribution in [3.63, 3.8) is 0 Å². The molecule has 0 saturated carbocycles. The van der Waals surface area contributed by atoms with Gasteiger partial charge in [0.05, 0.1) is 0 Å². The number of rotatable bonds is 56. The van der Waals surface area contributed by atoms with Crippen LogP contribution in [0, 0.1) is 0 Å². The maximum atomic E-state index is 12.9. The summed E-state index contributed by atoms with van der Waals surface area (Å²) in [4.78, 5) is 38.3. The quantitative estimate of drug-likeness (QED) is 0.0261. The molecule has 0 saturated heterocycles. The van der Waals surface area contributed by atoms with Crippen LogP contribution in [0.2, 0.25) is 0 Å². The van der Waals surface area contributed by atoms with Crippen LogP contribution in [0.15, 0.2) is 85.1 Å². The van der Waals surface area contributed by atoms with Crippen LogP contribution in [0.5, 0.6) is 0 Å². The van der Waals surface area contributed by atoms with Crippen molar-refractivity contribution in [1.29, 1.82) is 0 Å². The molecule has 420 valence electrons. The molecule has 6 heteroatoms. The summed E-state index contributed by atoms with van der Waals surface area (Å²) in [5.41, 5.74) is 0. The van der Waals surface area contributed by atoms with Crippen LogP contribution in [0.1, 0.15) is 303 Å². The lowest BCUT2D eigenvalue weighted by Gasteiger charge is -2.18. The third kappa shape index (κ3) is 59.3. The van der Waals surface area contributed by atoms with Crippen molar-refractivity contribution in [2.24, 2.45) is 0 Å². The van der Waals surface area contributed by atoms with E-state index in [2.05, 4.69) is 106 Å². The molecule has 0 N–H and O–H groups in total. The Labute approximate surface area is 452 Å². The normalized spacial score (nSPS) is 12.6. The van der Waals surface area contributed by atoms with E-state index in [1.54, 1.807) is 0 Å². The fourth-order valence-corrected chi connectivity index (χ4v) is 8.69. The molecule has 0 spiro atoms. The molecule has 73 heavy (non-hydrogen) atoms. The number of esters is 3. The van der Waals surface area contributed by atoms with Crippen molar-refractivity contribution in [1.82, 2.24) is 0 Å². The van der Waals surface area contributed by atoms with E-state index in [9.17, 15) is 14.4 Å². The monoisotopic (exact) mass is 1020 g/mol. The minimum atomic E-state index is -0.790. The largest absolute Gasteiger partial charge is 0.462 e. The van der Waals surface area contributed by atoms with Crippen molar-refractivity contribution in [2.45, 2.75) is 309 Å². The topological polar surface area (TPSA) is 78.9 Å². The number of allylic oxidation sites excluding steroid dienone is 14. The number of hydrogen-bond donors (Lipinski definition) is 0. The molecule has 0 radical (unpaired) electrons. The zero-order valence-electron chi connectivity index (χ0n) is 48.1. The molecule has 0 amide bonds. The van der Waals surface area contributed by atoms with E-state index in [1.165, 1.54) is 148 Å². The summed E-state index contributed by atoms with van der Waals surface area (Å²) in [7, 11) is 0. The Hall–Kier alpha value is -3.41. The van der Waals surface area contributed by atoms with Gasteiger partial charge in [0.15, 0.2) is 6.10 Å². The van der Waals surface area contributed by atoms with E-state index in [1.807, 2.05) is 0 Å². The second-order valence-electron chi connectivity index (χ2n) is 20.6. The minimum absolute atomic E-state index is 0.0867. The van der Waals surface area contributed by atoms with Gasteiger partial charge in [-0.05, 0) is 116 Å². The molecular formula is C67H116O6. The van der Waals surface area contributed by atoms with Crippen LogP contribution in [0.3, 0.4) is 0 Å². The molecule has 0 heterocycles. The standard InChI is InChI=1S/C67H116O6/c1-4-7-10-13-16-19-22-25-28-31-32-33-34-35-36-37-40-42-45-48-51-54-57-60-66(69)72-63-64(73-67(70)61-58-55-52-49-46-43-39-30-27-24-21-18-15-12-9-6-3)62-71-65(68)59-56-53-50-47-44-41-38-29-26-23-20-17-14-11-8-5-2/h7,10,16,19,25,28-30,32-33,35-36,38-39,64H,4-6,8-9,11-15,17-18,20-24,26-27,31,34,37,40-63H2,1-3H3/b10-7-,19-16-,28-25-,33-32-,36-35-,38-29-,39-30-. The summed E-state index contributed by atoms with van der Waals surface area (Å²) in [5, 5.41) is 0. The second-order valence-corrected chi connectivity index (χ2v) is 20.6. The van der Waals surface area contributed by atoms with Crippen molar-refractivity contribution >= 4 is 17.9 Å². The summed E-state index contributed by atoms with van der Waals surface area (Å²) in [6, 6.07) is 0. The van der Waals surface area contributed by atoms with Gasteiger partial charge in [0, 0.05) is 19.3 Å². The highest BCUT2D eigenvalue weighted by Crippen LogP contribution is 2.15. The molecule has 1 atom stereocenters. The summed E-state index contributed by atoms with van der Waals surface area (Å²) in [6.07, 6.45) is 80.0. The van der Waals surface area contributed by atoms with Crippen molar-refractivity contribution < 1.29 is 28.6 Å². The van der Waals surface area contributed by atoms with Crippen molar-refractivity contribution in [2.75, 3.05) is 13.2 Å². The third-order valence-corrected chi connectivity index (χ3v) is 13.4. The van der Waals surface area contributed by atoms with Crippen molar-refractivity contribution in [3.8, 4) is 0 Å². The Morgan fingerprint density at radius 1 is 0.288 bits per heavy atom. The molecule has 0 aromatic rings. The number of carbonyl (C=O) groups is 3. The minimum Gasteiger partial charge on any atom is -0.462 e. The number of carbonyl (C=O) groups excluding carboxylic acids is 3. The average Bonchev–Trinajstić information content (AvgIpc) is 3.39. The molecule has 0 aliphatic rings. The first kappa shape index (κ1) is 69.6. The molecule has 0 aliphatic heterocycles. The summed E-state index contributed by atoms with van der Waals surface area (Å²) in [5.74, 6) is -0.904. The van der Waals surface area contributed by atoms with E-state index >= 15 is 0 Å². The maximum absolute atomic E-state index is 12.9. The van der Waals surface area contributed by atoms with Crippen LogP contribution >= 0.6 is 0 Å². The molecule has 0 bridgehead atoms. The van der Waals surface area contributed by atoms with E-state index in [0.717, 1.165) is 116 Å². The lowest BCUT2D eigenvalue weighted by Crippen LogP contribution is -2.30. The lowest BCUT2D eigenvalue weighted by molar-refractivity contribution is -0.167. The highest BCUT2D eigenvalue weighted by Gasteiger charge is 2.19. The Morgan fingerprint density at radius 2 is 0.534 bits per heavy atom. The third-order valence-electron chi connectivity index (χ3n) is 13.4. The molecule has 0 aromatic carbocycles. The maximum Gasteiger partial charge on any atom is 0.306 e. The Morgan fingerprint density at radius 3 is 0.849 bits per heavy atom. The Bertz CT molecular complexity index is 1400. The van der Waals surface area contributed by atoms with Gasteiger partial charge < -0.3 is 14.2 Å². The van der Waals surface area contributed by atoms with Gasteiger partial charge in [0.25, 0.3) is 0 Å². The number of hydrogen-bond acceptors (Lipinski definition) is 6. The molecule has 0 fully saturated rings. The molecular weight excluding hydrogens is 901 g/mol. The van der Waals surface area contributed by atoms with E-state index in [4.69, 9.17) is 14.2 Å². The molecule has 0 aromatic heterocycles. The SMILES string of the molecule is CC/C=C\C/C=C\C/C=C\C/C=C\C/C=C\CCCCCCCCCC(=O)OCC(COC(=O)CCCCCCC/C=C\CCCCCCCCC)OC(=O)CCCCCCC/C=C\CCCCCCCCC. The summed E-state index contributed by atoms with van der Waals surface area (Å²) in [6.45, 7) is 6.52. The van der Waals surface area contributed by atoms with E-state index in [-0.39, 0.29) is 31.1 Å². The molecule has 0 aliphatic carbocycles. The molecule has 1 unspecified atom stereocenters. The van der Waals surface area contributed by atoms with Crippen LogP contribution < -0.4 is 0 Å². The first-order valence-corrected chi connectivity index (χ1v) is 31.1. The van der Waals surface area contributed by atoms with E-state index < -0.39 is 6.10 Å². The second kappa shape index (κ2) is 61.1. The first-order valence-electron chi connectivity index (χ1n) is 31.1. The molecule has 6 nitrogen and oxygen atoms in total. The smallest absolute Gasteiger partial charge is 0.306 e. The van der Waals surface area contributed by atoms with Gasteiger partial charge in [-0.2, -0.15) is 0 Å². The molecule has 0 rings (SSSR count). The lowest BCUT2D eigenvalue weighted by atomic mass is 10.1. The van der Waals surface area contributed by atoms with E-state index in [0.29, 0.717) is 19.3 Å². The fraction of sp³-hybridized carbons (Fsp3) is 0.746. The van der Waals surface area contributed by atoms with Crippen LogP contribution in [-0.4, -0.2) is 37.2 Å². The fourth-order valence-electron chi connectivity index (χ4n) is 8.69. The average molecular weight is 1020 g/mol. The zero-order valence-corrected chi connectivity index (χ0v) is 48.1. The summed E-state index contributed by atoms with van der Waals surface area (Å²) >= 11 is 0. The predicted octanol–water partition coefficient (Wildman–Crippen LogP) is 21.1. The van der Waals surface area contributed by atoms with Gasteiger partial charge in [-0.15, -0.1) is 0 Å². The Balaban J connectivity index is 4.40. The first-order chi connectivity index (χ1) is 36.0.